The first-order chi connectivity index (χ1) is 15.1. The van der Waals surface area contributed by atoms with Gasteiger partial charge in [-0.05, 0) is 69.2 Å². The molecular formula is C25H25ClN4O. The molecule has 1 saturated carbocycles. The molecule has 2 aromatic heterocycles. The summed E-state index contributed by atoms with van der Waals surface area (Å²) in [6, 6.07) is 12.2. The van der Waals surface area contributed by atoms with Crippen LogP contribution in [0.15, 0.2) is 55.0 Å². The van der Waals surface area contributed by atoms with Crippen LogP contribution in [0.4, 0.5) is 0 Å². The Kier molecular flexibility index (Phi) is 5.45. The zero-order chi connectivity index (χ0) is 21.4. The van der Waals surface area contributed by atoms with E-state index in [-0.39, 0.29) is 11.9 Å². The number of carbonyl (C=O) groups is 1. The van der Waals surface area contributed by atoms with Gasteiger partial charge in [0.2, 0.25) is 0 Å². The van der Waals surface area contributed by atoms with E-state index in [1.807, 2.05) is 37.3 Å². The molecule has 1 aliphatic heterocycles. The van der Waals surface area contributed by atoms with E-state index in [9.17, 15) is 4.79 Å². The molecule has 0 bridgehead atoms. The van der Waals surface area contributed by atoms with Crippen LogP contribution in [0, 0.1) is 12.8 Å². The molecule has 5 rings (SSSR count). The first-order valence-electron chi connectivity index (χ1n) is 10.9. The topological polar surface area (TPSA) is 59.0 Å². The Hall–Kier alpha value is -2.79. The molecule has 1 aromatic carbocycles. The molecule has 31 heavy (non-hydrogen) atoms. The summed E-state index contributed by atoms with van der Waals surface area (Å²) in [6.45, 7) is 2.02. The summed E-state index contributed by atoms with van der Waals surface area (Å²) >= 11 is 5.97. The molecule has 1 aliphatic carbocycles. The normalized spacial score (nSPS) is 22.1. The molecule has 3 atom stereocenters. The van der Waals surface area contributed by atoms with Crippen LogP contribution >= 0.6 is 11.6 Å². The third-order valence-corrected chi connectivity index (χ3v) is 6.70. The van der Waals surface area contributed by atoms with E-state index < -0.39 is 0 Å². The molecule has 5 nitrogen and oxygen atoms in total. The van der Waals surface area contributed by atoms with E-state index in [0.29, 0.717) is 28.4 Å². The zero-order valence-corrected chi connectivity index (χ0v) is 18.3. The largest absolute Gasteiger partial charge is 0.332 e. The molecule has 2 fully saturated rings. The molecule has 0 unspecified atom stereocenters. The van der Waals surface area contributed by atoms with Crippen LogP contribution in [-0.4, -0.2) is 37.8 Å². The SMILES string of the molecule is Cc1ccc(-c2ncccn2)c(C(=O)N2[C@H](CCc3ccc(Cl)cn3)CC[C@@H]3C[C@@H]32)c1. The van der Waals surface area contributed by atoms with Crippen molar-refractivity contribution in [2.24, 2.45) is 5.92 Å². The predicted molar refractivity (Wildman–Crippen MR) is 121 cm³/mol. The Morgan fingerprint density at radius 3 is 2.74 bits per heavy atom. The van der Waals surface area contributed by atoms with Crippen LogP contribution in [0.2, 0.25) is 5.02 Å². The van der Waals surface area contributed by atoms with Gasteiger partial charge in [0, 0.05) is 41.9 Å². The van der Waals surface area contributed by atoms with E-state index in [4.69, 9.17) is 11.6 Å². The maximum atomic E-state index is 13.9. The maximum Gasteiger partial charge on any atom is 0.255 e. The Morgan fingerprint density at radius 2 is 1.97 bits per heavy atom. The third kappa shape index (κ3) is 4.19. The summed E-state index contributed by atoms with van der Waals surface area (Å²) < 4.78 is 0. The number of nitrogens with zero attached hydrogens (tertiary/aromatic N) is 4. The average molecular weight is 433 g/mol. The van der Waals surface area contributed by atoms with E-state index in [1.54, 1.807) is 24.7 Å². The summed E-state index contributed by atoms with van der Waals surface area (Å²) in [5.41, 5.74) is 3.59. The van der Waals surface area contributed by atoms with Crippen molar-refractivity contribution in [2.75, 3.05) is 0 Å². The molecule has 3 aromatic rings. The van der Waals surface area contributed by atoms with Gasteiger partial charge in [-0.2, -0.15) is 0 Å². The smallest absolute Gasteiger partial charge is 0.255 e. The van der Waals surface area contributed by atoms with Gasteiger partial charge >= 0.3 is 0 Å². The molecule has 0 N–H and O–H groups in total. The Labute approximate surface area is 187 Å². The van der Waals surface area contributed by atoms with Gasteiger partial charge in [0.1, 0.15) is 0 Å². The number of rotatable bonds is 5. The number of carbonyl (C=O) groups excluding carboxylic acids is 1. The molecule has 1 saturated heterocycles. The monoisotopic (exact) mass is 432 g/mol. The van der Waals surface area contributed by atoms with Gasteiger partial charge in [0.05, 0.1) is 10.6 Å². The van der Waals surface area contributed by atoms with Crippen molar-refractivity contribution in [3.8, 4) is 11.4 Å². The summed E-state index contributed by atoms with van der Waals surface area (Å²) in [7, 11) is 0. The minimum atomic E-state index is 0.104. The Bertz CT molecular complexity index is 1090. The van der Waals surface area contributed by atoms with Gasteiger partial charge in [-0.25, -0.2) is 9.97 Å². The maximum absolute atomic E-state index is 13.9. The highest BCUT2D eigenvalue weighted by atomic mass is 35.5. The molecular weight excluding hydrogens is 408 g/mol. The predicted octanol–water partition coefficient (Wildman–Crippen LogP) is 5.13. The van der Waals surface area contributed by atoms with Gasteiger partial charge in [0.25, 0.3) is 5.91 Å². The molecule has 158 valence electrons. The number of pyridine rings is 1. The van der Waals surface area contributed by atoms with Crippen molar-refractivity contribution in [1.82, 2.24) is 19.9 Å². The fourth-order valence-corrected chi connectivity index (χ4v) is 4.89. The molecule has 3 heterocycles. The number of piperidine rings is 1. The fourth-order valence-electron chi connectivity index (χ4n) is 4.77. The van der Waals surface area contributed by atoms with Gasteiger partial charge in [0.15, 0.2) is 5.82 Å². The third-order valence-electron chi connectivity index (χ3n) is 6.48. The lowest BCUT2D eigenvalue weighted by Gasteiger charge is -2.36. The number of amides is 1. The molecule has 0 spiro atoms. The lowest BCUT2D eigenvalue weighted by Crippen LogP contribution is -2.45. The number of hydrogen-bond acceptors (Lipinski definition) is 4. The van der Waals surface area contributed by atoms with Crippen LogP contribution in [0.5, 0.6) is 0 Å². The first-order valence-corrected chi connectivity index (χ1v) is 11.3. The van der Waals surface area contributed by atoms with Gasteiger partial charge in [-0.3, -0.25) is 9.78 Å². The van der Waals surface area contributed by atoms with E-state index in [1.165, 1.54) is 6.42 Å². The second-order valence-corrected chi connectivity index (χ2v) is 9.07. The minimum absolute atomic E-state index is 0.104. The standard InChI is InChI=1S/C25H25ClN4O/c1-16-3-10-21(24-27-11-2-12-28-24)22(13-16)25(31)30-20(8-4-17-14-23(17)30)9-7-19-6-5-18(26)15-29-19/h2-3,5-6,10-13,15,17,20,23H,4,7-9,14H2,1H3/t17-,20+,23+/m1/s1. The van der Waals surface area contributed by atoms with E-state index >= 15 is 0 Å². The summed E-state index contributed by atoms with van der Waals surface area (Å²) in [4.78, 5) is 29.3. The minimum Gasteiger partial charge on any atom is -0.332 e. The van der Waals surface area contributed by atoms with Crippen LogP contribution in [-0.2, 0) is 6.42 Å². The van der Waals surface area contributed by atoms with Crippen molar-refractivity contribution in [2.45, 2.75) is 51.1 Å². The van der Waals surface area contributed by atoms with Crippen LogP contribution < -0.4 is 0 Å². The van der Waals surface area contributed by atoms with Gasteiger partial charge in [-0.1, -0.05) is 29.3 Å². The Morgan fingerprint density at radius 1 is 1.13 bits per heavy atom. The Balaban J connectivity index is 1.43. The first kappa shape index (κ1) is 20.1. The van der Waals surface area contributed by atoms with E-state index in [0.717, 1.165) is 42.5 Å². The molecule has 1 amide bonds. The van der Waals surface area contributed by atoms with Crippen molar-refractivity contribution in [3.63, 3.8) is 0 Å². The highest BCUT2D eigenvalue weighted by Crippen LogP contribution is 2.47. The van der Waals surface area contributed by atoms with Gasteiger partial charge in [-0.15, -0.1) is 0 Å². The number of fused-ring (bicyclic) bond motifs is 1. The lowest BCUT2D eigenvalue weighted by atomic mass is 9.94. The number of benzene rings is 1. The van der Waals surface area contributed by atoms with E-state index in [2.05, 4.69) is 19.9 Å². The van der Waals surface area contributed by atoms with Crippen LogP contribution in [0.3, 0.4) is 0 Å². The summed E-state index contributed by atoms with van der Waals surface area (Å²) in [5.74, 6) is 1.35. The number of aromatic nitrogens is 3. The van der Waals surface area contributed by atoms with Crippen molar-refractivity contribution < 1.29 is 4.79 Å². The molecule has 6 heteroatoms. The average Bonchev–Trinajstić information content (AvgIpc) is 3.58. The van der Waals surface area contributed by atoms with Crippen molar-refractivity contribution >= 4 is 17.5 Å². The number of hydrogen-bond donors (Lipinski definition) is 0. The lowest BCUT2D eigenvalue weighted by molar-refractivity contribution is 0.0575. The number of aryl methyl sites for hydroxylation is 2. The molecule has 0 radical (unpaired) electrons. The highest BCUT2D eigenvalue weighted by Gasteiger charge is 2.50. The van der Waals surface area contributed by atoms with Crippen molar-refractivity contribution in [3.05, 3.63) is 76.8 Å². The number of halogens is 1. The zero-order valence-electron chi connectivity index (χ0n) is 17.5. The van der Waals surface area contributed by atoms with Crippen LogP contribution in [0.25, 0.3) is 11.4 Å². The van der Waals surface area contributed by atoms with Gasteiger partial charge < -0.3 is 4.90 Å². The van der Waals surface area contributed by atoms with Crippen molar-refractivity contribution in [1.29, 1.82) is 0 Å². The summed E-state index contributed by atoms with van der Waals surface area (Å²) in [5, 5.41) is 0.647. The summed E-state index contributed by atoms with van der Waals surface area (Å²) in [6.07, 6.45) is 10.2. The quantitative estimate of drug-likeness (QED) is 0.561. The second kappa shape index (κ2) is 8.39. The van der Waals surface area contributed by atoms with Crippen LogP contribution in [0.1, 0.15) is 47.3 Å². The number of likely N-dealkylation sites (tertiary alicyclic amines) is 1. The highest BCUT2D eigenvalue weighted by molar-refractivity contribution is 6.30. The fraction of sp³-hybridized carbons (Fsp3) is 0.360. The molecule has 2 aliphatic rings. The second-order valence-electron chi connectivity index (χ2n) is 8.63.